The highest BCUT2D eigenvalue weighted by molar-refractivity contribution is 7.14. The van der Waals surface area contributed by atoms with E-state index in [1.165, 1.54) is 32.1 Å². The van der Waals surface area contributed by atoms with E-state index < -0.39 is 0 Å². The van der Waals surface area contributed by atoms with Crippen LogP contribution in [0.3, 0.4) is 0 Å². The van der Waals surface area contributed by atoms with Gasteiger partial charge in [-0.1, -0.05) is 32.1 Å². The molecule has 0 aromatic carbocycles. The molecule has 2 aliphatic rings. The van der Waals surface area contributed by atoms with Crippen LogP contribution < -0.4 is 0 Å². The Morgan fingerprint density at radius 2 is 1.72 bits per heavy atom. The highest BCUT2D eigenvalue weighted by Gasteiger charge is 2.25. The van der Waals surface area contributed by atoms with Gasteiger partial charge in [0.2, 0.25) is 11.8 Å². The molecular weight excluding hydrogens is 402 g/mol. The largest absolute Gasteiger partial charge is 0.339 e. The molecule has 0 unspecified atom stereocenters. The molecule has 4 rings (SSSR count). The fraction of sp³-hybridized carbons (Fsp3) is 0.591. The standard InChI is InChI=1S/C22H29N3O2S2/c26-20(7-6-17-4-2-1-3-5-17)24-9-11-25(12-10-24)21(27)14-19-16-29-22(23-19)18-8-13-28-15-18/h8,13,15-17H,1-7,9-12,14H2. The van der Waals surface area contributed by atoms with Gasteiger partial charge >= 0.3 is 0 Å². The van der Waals surface area contributed by atoms with Crippen LogP contribution in [-0.4, -0.2) is 52.8 Å². The van der Waals surface area contributed by atoms with Crippen molar-refractivity contribution >= 4 is 34.5 Å². The summed E-state index contributed by atoms with van der Waals surface area (Å²) in [6, 6.07) is 2.06. The normalized spacial score (nSPS) is 18.2. The molecule has 5 nitrogen and oxygen atoms in total. The number of carbonyl (C=O) groups excluding carboxylic acids is 2. The second-order valence-corrected chi connectivity index (χ2v) is 9.78. The van der Waals surface area contributed by atoms with Gasteiger partial charge in [0.05, 0.1) is 12.1 Å². The molecule has 0 N–H and O–H groups in total. The van der Waals surface area contributed by atoms with Crippen molar-refractivity contribution in [3.05, 3.63) is 27.9 Å². The minimum absolute atomic E-state index is 0.112. The topological polar surface area (TPSA) is 53.5 Å². The van der Waals surface area contributed by atoms with Gasteiger partial charge in [0.15, 0.2) is 0 Å². The van der Waals surface area contributed by atoms with E-state index in [2.05, 4.69) is 16.4 Å². The smallest absolute Gasteiger partial charge is 0.228 e. The van der Waals surface area contributed by atoms with Gasteiger partial charge in [-0.05, 0) is 23.8 Å². The minimum atomic E-state index is 0.112. The van der Waals surface area contributed by atoms with Gasteiger partial charge in [-0.2, -0.15) is 11.3 Å². The lowest BCUT2D eigenvalue weighted by Gasteiger charge is -2.35. The average Bonchev–Trinajstić information content (AvgIpc) is 3.45. The number of nitrogens with zero attached hydrogens (tertiary/aromatic N) is 3. The molecule has 3 heterocycles. The molecule has 1 saturated carbocycles. The van der Waals surface area contributed by atoms with E-state index in [0.717, 1.165) is 28.6 Å². The molecule has 0 radical (unpaired) electrons. The molecule has 2 aromatic heterocycles. The molecule has 29 heavy (non-hydrogen) atoms. The summed E-state index contributed by atoms with van der Waals surface area (Å²) >= 11 is 3.24. The molecule has 0 atom stereocenters. The zero-order chi connectivity index (χ0) is 20.1. The summed E-state index contributed by atoms with van der Waals surface area (Å²) in [5.41, 5.74) is 1.96. The third-order valence-electron chi connectivity index (χ3n) is 6.13. The van der Waals surface area contributed by atoms with Gasteiger partial charge in [-0.15, -0.1) is 11.3 Å². The Morgan fingerprint density at radius 1 is 1.00 bits per heavy atom. The summed E-state index contributed by atoms with van der Waals surface area (Å²) in [7, 11) is 0. The van der Waals surface area contributed by atoms with E-state index in [0.29, 0.717) is 39.0 Å². The van der Waals surface area contributed by atoms with Gasteiger partial charge in [-0.25, -0.2) is 4.98 Å². The maximum atomic E-state index is 12.7. The molecular formula is C22H29N3O2S2. The zero-order valence-corrected chi connectivity index (χ0v) is 18.5. The number of rotatable bonds is 6. The number of thiophene rings is 1. The van der Waals surface area contributed by atoms with Crippen LogP contribution in [0.25, 0.3) is 10.6 Å². The van der Waals surface area contributed by atoms with E-state index in [1.807, 2.05) is 20.6 Å². The summed E-state index contributed by atoms with van der Waals surface area (Å²) in [6.45, 7) is 2.59. The van der Waals surface area contributed by atoms with E-state index in [1.54, 1.807) is 22.7 Å². The Bertz CT molecular complexity index is 804. The molecule has 1 saturated heterocycles. The SMILES string of the molecule is O=C(CCC1CCCCC1)N1CCN(C(=O)Cc2csc(-c3ccsc3)n2)CC1. The monoisotopic (exact) mass is 431 g/mol. The maximum absolute atomic E-state index is 12.7. The van der Waals surface area contributed by atoms with Crippen LogP contribution in [0.4, 0.5) is 0 Å². The lowest BCUT2D eigenvalue weighted by atomic mass is 9.86. The number of amides is 2. The van der Waals surface area contributed by atoms with Crippen LogP contribution in [0.2, 0.25) is 0 Å². The number of hydrogen-bond acceptors (Lipinski definition) is 5. The van der Waals surface area contributed by atoms with E-state index >= 15 is 0 Å². The van der Waals surface area contributed by atoms with Crippen LogP contribution in [0.5, 0.6) is 0 Å². The molecule has 156 valence electrons. The van der Waals surface area contributed by atoms with Crippen molar-refractivity contribution in [1.82, 2.24) is 14.8 Å². The van der Waals surface area contributed by atoms with Crippen LogP contribution >= 0.6 is 22.7 Å². The van der Waals surface area contributed by atoms with Crippen molar-refractivity contribution in [3.63, 3.8) is 0 Å². The highest BCUT2D eigenvalue weighted by Crippen LogP contribution is 2.28. The lowest BCUT2D eigenvalue weighted by Crippen LogP contribution is -2.51. The molecule has 1 aliphatic heterocycles. The van der Waals surface area contributed by atoms with Gasteiger partial charge in [0.25, 0.3) is 0 Å². The van der Waals surface area contributed by atoms with Crippen molar-refractivity contribution in [1.29, 1.82) is 0 Å². The van der Waals surface area contributed by atoms with Crippen LogP contribution in [0.1, 0.15) is 50.6 Å². The van der Waals surface area contributed by atoms with E-state index in [-0.39, 0.29) is 11.8 Å². The Hall–Kier alpha value is -1.73. The minimum Gasteiger partial charge on any atom is -0.339 e. The fourth-order valence-electron chi connectivity index (χ4n) is 4.34. The first kappa shape index (κ1) is 20.5. The first-order valence-corrected chi connectivity index (χ1v) is 12.5. The second-order valence-electron chi connectivity index (χ2n) is 8.14. The van der Waals surface area contributed by atoms with Crippen LogP contribution in [0.15, 0.2) is 22.2 Å². The Labute approximate surface area is 180 Å². The summed E-state index contributed by atoms with van der Waals surface area (Å²) in [4.78, 5) is 33.6. The predicted octanol–water partition coefficient (Wildman–Crippen LogP) is 4.45. The first-order valence-electron chi connectivity index (χ1n) is 10.7. The Kier molecular flexibility index (Phi) is 6.98. The number of hydrogen-bond donors (Lipinski definition) is 0. The number of carbonyl (C=O) groups is 2. The summed E-state index contributed by atoms with van der Waals surface area (Å²) in [6.07, 6.45) is 8.64. The quantitative estimate of drug-likeness (QED) is 0.679. The molecule has 1 aliphatic carbocycles. The lowest BCUT2D eigenvalue weighted by molar-refractivity contribution is -0.139. The summed E-state index contributed by atoms with van der Waals surface area (Å²) in [5, 5.41) is 7.07. The summed E-state index contributed by atoms with van der Waals surface area (Å²) < 4.78 is 0. The van der Waals surface area contributed by atoms with Crippen LogP contribution in [-0.2, 0) is 16.0 Å². The molecule has 2 aromatic rings. The third kappa shape index (κ3) is 5.45. The molecule has 2 fully saturated rings. The molecule has 0 spiro atoms. The van der Waals surface area contributed by atoms with Crippen molar-refractivity contribution in [2.45, 2.75) is 51.4 Å². The van der Waals surface area contributed by atoms with Gasteiger partial charge in [0, 0.05) is 48.9 Å². The average molecular weight is 432 g/mol. The predicted molar refractivity (Wildman–Crippen MR) is 118 cm³/mol. The Morgan fingerprint density at radius 3 is 2.41 bits per heavy atom. The molecule has 2 amide bonds. The number of thiazole rings is 1. The van der Waals surface area contributed by atoms with Gasteiger partial charge in [0.1, 0.15) is 5.01 Å². The summed E-state index contributed by atoms with van der Waals surface area (Å²) in [5.74, 6) is 1.12. The highest BCUT2D eigenvalue weighted by atomic mass is 32.1. The van der Waals surface area contributed by atoms with Gasteiger partial charge < -0.3 is 9.80 Å². The fourth-order valence-corrected chi connectivity index (χ4v) is 5.87. The van der Waals surface area contributed by atoms with Crippen LogP contribution in [0, 0.1) is 5.92 Å². The van der Waals surface area contributed by atoms with Crippen molar-refractivity contribution < 1.29 is 9.59 Å². The van der Waals surface area contributed by atoms with Crippen molar-refractivity contribution in [2.75, 3.05) is 26.2 Å². The van der Waals surface area contributed by atoms with Crippen molar-refractivity contribution in [3.8, 4) is 10.6 Å². The molecule has 0 bridgehead atoms. The first-order chi connectivity index (χ1) is 14.2. The Balaban J connectivity index is 1.20. The van der Waals surface area contributed by atoms with E-state index in [4.69, 9.17) is 0 Å². The van der Waals surface area contributed by atoms with Crippen molar-refractivity contribution in [2.24, 2.45) is 5.92 Å². The third-order valence-corrected chi connectivity index (χ3v) is 7.75. The van der Waals surface area contributed by atoms with E-state index in [9.17, 15) is 9.59 Å². The van der Waals surface area contributed by atoms with Gasteiger partial charge in [-0.3, -0.25) is 9.59 Å². The second kappa shape index (κ2) is 9.85. The molecule has 7 heteroatoms. The number of piperazine rings is 1. The maximum Gasteiger partial charge on any atom is 0.228 e. The number of aromatic nitrogens is 1. The zero-order valence-electron chi connectivity index (χ0n) is 16.8.